The smallest absolute Gasteiger partial charge is 0.261 e. The Hall–Kier alpha value is -2.61. The summed E-state index contributed by atoms with van der Waals surface area (Å²) in [6, 6.07) is 9.21. The van der Waals surface area contributed by atoms with Gasteiger partial charge in [-0.05, 0) is 31.2 Å². The molecule has 0 aromatic heterocycles. The predicted octanol–water partition coefficient (Wildman–Crippen LogP) is 2.91. The zero-order valence-electron chi connectivity index (χ0n) is 14.5. The number of nitrogens with one attached hydrogen (secondary N) is 1. The summed E-state index contributed by atoms with van der Waals surface area (Å²) in [5.74, 6) is 1.70. The topological polar surface area (TPSA) is 83.1 Å². The van der Waals surface area contributed by atoms with Crippen molar-refractivity contribution in [2.45, 2.75) is 11.8 Å². The Labute approximate surface area is 147 Å². The molecule has 8 heteroatoms. The first-order valence-corrected chi connectivity index (χ1v) is 8.99. The normalized spacial score (nSPS) is 10.9. The molecule has 0 spiro atoms. The van der Waals surface area contributed by atoms with Gasteiger partial charge in [0.05, 0.1) is 38.5 Å². The first-order valence-electron chi connectivity index (χ1n) is 7.50. The molecule has 2 rings (SSSR count). The minimum Gasteiger partial charge on any atom is -0.494 e. The molecule has 0 radical (unpaired) electrons. The molecule has 0 unspecified atom stereocenters. The lowest BCUT2D eigenvalue weighted by Gasteiger charge is -2.15. The Morgan fingerprint density at radius 2 is 1.48 bits per heavy atom. The quantitative estimate of drug-likeness (QED) is 0.772. The van der Waals surface area contributed by atoms with E-state index in [1.165, 1.54) is 45.6 Å². The van der Waals surface area contributed by atoms with Crippen LogP contribution in [0.1, 0.15) is 6.92 Å². The number of rotatable bonds is 8. The Kier molecular flexibility index (Phi) is 5.97. The fraction of sp³-hybridized carbons (Fsp3) is 0.294. The number of methoxy groups -OCH3 is 3. The molecule has 0 heterocycles. The van der Waals surface area contributed by atoms with Crippen LogP contribution in [0.25, 0.3) is 0 Å². The first-order chi connectivity index (χ1) is 11.9. The number of sulfonamides is 1. The van der Waals surface area contributed by atoms with E-state index in [1.54, 1.807) is 12.1 Å². The van der Waals surface area contributed by atoms with Crippen LogP contribution in [-0.2, 0) is 10.0 Å². The van der Waals surface area contributed by atoms with Crippen LogP contribution >= 0.6 is 0 Å². The van der Waals surface area contributed by atoms with Crippen LogP contribution in [0.2, 0.25) is 0 Å². The van der Waals surface area contributed by atoms with Crippen molar-refractivity contribution in [2.75, 3.05) is 32.7 Å². The summed E-state index contributed by atoms with van der Waals surface area (Å²) >= 11 is 0. The summed E-state index contributed by atoms with van der Waals surface area (Å²) in [7, 11) is 0.625. The molecular formula is C17H21NO6S. The molecule has 2 aromatic carbocycles. The highest BCUT2D eigenvalue weighted by molar-refractivity contribution is 7.92. The van der Waals surface area contributed by atoms with Crippen LogP contribution in [0.4, 0.5) is 5.69 Å². The lowest BCUT2D eigenvalue weighted by atomic mass is 10.2. The molecule has 0 bridgehead atoms. The third kappa shape index (κ3) is 4.27. The van der Waals surface area contributed by atoms with Crippen molar-refractivity contribution in [1.82, 2.24) is 0 Å². The molecule has 1 N–H and O–H groups in total. The summed E-state index contributed by atoms with van der Waals surface area (Å²) in [5.41, 5.74) is 0.295. The van der Waals surface area contributed by atoms with Gasteiger partial charge in [-0.2, -0.15) is 0 Å². The maximum atomic E-state index is 12.6. The summed E-state index contributed by atoms with van der Waals surface area (Å²) in [6.45, 7) is 2.37. The summed E-state index contributed by atoms with van der Waals surface area (Å²) in [4.78, 5) is 0.115. The monoisotopic (exact) mass is 367 g/mol. The van der Waals surface area contributed by atoms with Crippen molar-refractivity contribution in [3.63, 3.8) is 0 Å². The zero-order valence-corrected chi connectivity index (χ0v) is 15.3. The Morgan fingerprint density at radius 1 is 0.920 bits per heavy atom. The van der Waals surface area contributed by atoms with Crippen molar-refractivity contribution in [2.24, 2.45) is 0 Å². The van der Waals surface area contributed by atoms with Crippen LogP contribution in [0.5, 0.6) is 23.0 Å². The molecule has 0 fully saturated rings. The van der Waals surface area contributed by atoms with Gasteiger partial charge in [-0.3, -0.25) is 4.72 Å². The second kappa shape index (κ2) is 7.98. The van der Waals surface area contributed by atoms with Crippen molar-refractivity contribution >= 4 is 15.7 Å². The van der Waals surface area contributed by atoms with Crippen molar-refractivity contribution in [3.8, 4) is 23.0 Å². The molecule has 2 aromatic rings. The van der Waals surface area contributed by atoms with E-state index in [4.69, 9.17) is 18.9 Å². The lowest BCUT2D eigenvalue weighted by Crippen LogP contribution is -2.13. The molecule has 0 aliphatic heterocycles. The molecule has 7 nitrogen and oxygen atoms in total. The van der Waals surface area contributed by atoms with Gasteiger partial charge in [0, 0.05) is 12.1 Å². The van der Waals surface area contributed by atoms with Gasteiger partial charge in [0.15, 0.2) is 11.5 Å². The third-order valence-electron chi connectivity index (χ3n) is 3.36. The Morgan fingerprint density at radius 3 is 1.92 bits per heavy atom. The number of anilines is 1. The minimum absolute atomic E-state index is 0.115. The lowest BCUT2D eigenvalue weighted by molar-refractivity contribution is 0.325. The SMILES string of the molecule is CCOc1ccc(S(=O)(=O)Nc2cc(OC)c(OC)c(OC)c2)cc1. The van der Waals surface area contributed by atoms with E-state index in [9.17, 15) is 8.42 Å². The summed E-state index contributed by atoms with van der Waals surface area (Å²) < 4.78 is 48.6. The van der Waals surface area contributed by atoms with E-state index in [1.807, 2.05) is 6.92 Å². The highest BCUT2D eigenvalue weighted by atomic mass is 32.2. The Balaban J connectivity index is 2.33. The number of ether oxygens (including phenoxy) is 4. The van der Waals surface area contributed by atoms with E-state index < -0.39 is 10.0 Å². The van der Waals surface area contributed by atoms with Gasteiger partial charge in [0.25, 0.3) is 10.0 Å². The van der Waals surface area contributed by atoms with Crippen LogP contribution < -0.4 is 23.7 Å². The average molecular weight is 367 g/mol. The number of benzene rings is 2. The molecule has 0 aliphatic rings. The van der Waals surface area contributed by atoms with Crippen molar-refractivity contribution < 1.29 is 27.4 Å². The van der Waals surface area contributed by atoms with E-state index >= 15 is 0 Å². The van der Waals surface area contributed by atoms with Crippen LogP contribution in [0, 0.1) is 0 Å². The molecule has 0 atom stereocenters. The first kappa shape index (κ1) is 18.7. The van der Waals surface area contributed by atoms with Gasteiger partial charge in [-0.15, -0.1) is 0 Å². The summed E-state index contributed by atoms with van der Waals surface area (Å²) in [6.07, 6.45) is 0. The van der Waals surface area contributed by atoms with E-state index in [2.05, 4.69) is 4.72 Å². The van der Waals surface area contributed by atoms with Gasteiger partial charge < -0.3 is 18.9 Å². The largest absolute Gasteiger partial charge is 0.494 e. The molecule has 0 saturated carbocycles. The van der Waals surface area contributed by atoms with E-state index in [0.717, 1.165) is 0 Å². The molecule has 0 saturated heterocycles. The van der Waals surface area contributed by atoms with Gasteiger partial charge in [0.1, 0.15) is 5.75 Å². The van der Waals surface area contributed by atoms with E-state index in [-0.39, 0.29) is 4.90 Å². The fourth-order valence-electron chi connectivity index (χ4n) is 2.24. The average Bonchev–Trinajstić information content (AvgIpc) is 2.61. The van der Waals surface area contributed by atoms with Gasteiger partial charge >= 0.3 is 0 Å². The summed E-state index contributed by atoms with van der Waals surface area (Å²) in [5, 5.41) is 0. The maximum absolute atomic E-state index is 12.6. The minimum atomic E-state index is -3.77. The fourth-order valence-corrected chi connectivity index (χ4v) is 3.28. The molecular weight excluding hydrogens is 346 g/mol. The third-order valence-corrected chi connectivity index (χ3v) is 4.76. The van der Waals surface area contributed by atoms with E-state index in [0.29, 0.717) is 35.3 Å². The number of hydrogen-bond acceptors (Lipinski definition) is 6. The molecule has 0 amide bonds. The van der Waals surface area contributed by atoms with Crippen LogP contribution in [0.3, 0.4) is 0 Å². The van der Waals surface area contributed by atoms with Crippen LogP contribution in [0.15, 0.2) is 41.3 Å². The zero-order chi connectivity index (χ0) is 18.4. The van der Waals surface area contributed by atoms with Crippen LogP contribution in [-0.4, -0.2) is 36.4 Å². The molecule has 136 valence electrons. The van der Waals surface area contributed by atoms with Crippen molar-refractivity contribution in [3.05, 3.63) is 36.4 Å². The number of hydrogen-bond donors (Lipinski definition) is 1. The van der Waals surface area contributed by atoms with Crippen molar-refractivity contribution in [1.29, 1.82) is 0 Å². The second-order valence-electron chi connectivity index (χ2n) is 4.92. The standard InChI is InChI=1S/C17H21NO6S/c1-5-24-13-6-8-14(9-7-13)25(19,20)18-12-10-15(21-2)17(23-4)16(11-12)22-3/h6-11,18H,5H2,1-4H3. The molecule has 25 heavy (non-hydrogen) atoms. The predicted molar refractivity (Wildman–Crippen MR) is 94.5 cm³/mol. The van der Waals surface area contributed by atoms with Gasteiger partial charge in [0.2, 0.25) is 5.75 Å². The highest BCUT2D eigenvalue weighted by Gasteiger charge is 2.18. The second-order valence-corrected chi connectivity index (χ2v) is 6.61. The highest BCUT2D eigenvalue weighted by Crippen LogP contribution is 2.40. The van der Waals surface area contributed by atoms with Gasteiger partial charge in [-0.25, -0.2) is 8.42 Å². The van der Waals surface area contributed by atoms with Gasteiger partial charge in [-0.1, -0.05) is 0 Å². The Bertz CT molecular complexity index is 793. The maximum Gasteiger partial charge on any atom is 0.261 e. The molecule has 0 aliphatic carbocycles.